The summed E-state index contributed by atoms with van der Waals surface area (Å²) in [6.07, 6.45) is -1.24. The van der Waals surface area contributed by atoms with Gasteiger partial charge in [-0.3, -0.25) is 0 Å². The van der Waals surface area contributed by atoms with Gasteiger partial charge in [0, 0.05) is 6.54 Å². The van der Waals surface area contributed by atoms with Crippen molar-refractivity contribution in [3.63, 3.8) is 0 Å². The van der Waals surface area contributed by atoms with E-state index in [2.05, 4.69) is 4.52 Å². The fraction of sp³-hybridized carbons (Fsp3) is 0.667. The van der Waals surface area contributed by atoms with E-state index in [9.17, 15) is 19.1 Å². The largest absolute Gasteiger partial charge is 0.780 e. The maximum absolute atomic E-state index is 10.2. The molecule has 5 N–H and O–H groups in total. The molecule has 8 heteroatoms. The molecule has 68 valence electrons. The van der Waals surface area contributed by atoms with Crippen LogP contribution in [0.4, 0.5) is 4.79 Å². The van der Waals surface area contributed by atoms with Crippen molar-refractivity contribution >= 4 is 13.9 Å². The third-order valence-electron chi connectivity index (χ3n) is 0.516. The lowest BCUT2D eigenvalue weighted by atomic mass is 10.8. The van der Waals surface area contributed by atoms with Gasteiger partial charge in [-0.05, 0) is 6.92 Å². The van der Waals surface area contributed by atoms with E-state index in [0.717, 1.165) is 0 Å². The van der Waals surface area contributed by atoms with Gasteiger partial charge in [0.25, 0.3) is 0 Å². The first kappa shape index (κ1) is 13.0. The molecule has 11 heavy (non-hydrogen) atoms. The first-order valence-corrected chi connectivity index (χ1v) is 3.91. The van der Waals surface area contributed by atoms with Gasteiger partial charge >= 0.3 is 6.09 Å². The average molecular weight is 185 g/mol. The van der Waals surface area contributed by atoms with Crippen molar-refractivity contribution in [1.29, 1.82) is 0 Å². The quantitative estimate of drug-likeness (QED) is 0.527. The molecule has 7 nitrogen and oxygen atoms in total. The van der Waals surface area contributed by atoms with Crippen molar-refractivity contribution in [2.24, 2.45) is 0 Å². The van der Waals surface area contributed by atoms with Crippen molar-refractivity contribution in [3.05, 3.63) is 0 Å². The third-order valence-corrected chi connectivity index (χ3v) is 0.905. The van der Waals surface area contributed by atoms with Crippen LogP contribution in [0.1, 0.15) is 6.92 Å². The second kappa shape index (κ2) is 5.09. The van der Waals surface area contributed by atoms with E-state index in [1.165, 1.54) is 0 Å². The summed E-state index contributed by atoms with van der Waals surface area (Å²) >= 11 is 0. The van der Waals surface area contributed by atoms with E-state index < -0.39 is 13.9 Å². The van der Waals surface area contributed by atoms with Crippen molar-refractivity contribution in [2.75, 3.05) is 6.54 Å². The fourth-order valence-electron chi connectivity index (χ4n) is 0.278. The second-order valence-corrected chi connectivity index (χ2v) is 2.43. The maximum atomic E-state index is 10.2. The van der Waals surface area contributed by atoms with E-state index in [1.54, 1.807) is 6.92 Å². The molecule has 0 unspecified atom stereocenters. The van der Waals surface area contributed by atoms with Gasteiger partial charge in [0.2, 0.25) is 0 Å². The van der Waals surface area contributed by atoms with Crippen LogP contribution in [0.25, 0.3) is 0 Å². The van der Waals surface area contributed by atoms with Crippen LogP contribution in [-0.4, -0.2) is 12.6 Å². The van der Waals surface area contributed by atoms with Gasteiger partial charge in [-0.2, -0.15) is 0 Å². The van der Waals surface area contributed by atoms with Crippen molar-refractivity contribution in [1.82, 2.24) is 11.5 Å². The Morgan fingerprint density at radius 3 is 2.36 bits per heavy atom. The van der Waals surface area contributed by atoms with Crippen LogP contribution in [0.3, 0.4) is 0 Å². The standard InChI is InChI=1S/C3H8NO5P.H3N/c1-2-4-3(5)9-10(6,7)8;/h2H2,1H3,(H,4,5)(H2,6,7,8);1H3/p-1. The highest BCUT2D eigenvalue weighted by atomic mass is 31.2. The van der Waals surface area contributed by atoms with E-state index in [-0.39, 0.29) is 12.7 Å². The molecule has 0 saturated heterocycles. The van der Waals surface area contributed by atoms with Gasteiger partial charge in [-0.1, -0.05) is 0 Å². The zero-order valence-electron chi connectivity index (χ0n) is 6.20. The molecule has 1 amide bonds. The first-order valence-electron chi connectivity index (χ1n) is 2.45. The molecular weight excluding hydrogens is 175 g/mol. The van der Waals surface area contributed by atoms with Crippen LogP contribution in [0.2, 0.25) is 0 Å². The summed E-state index contributed by atoms with van der Waals surface area (Å²) in [7, 11) is -5.16. The predicted octanol–water partition coefficient (Wildman–Crippen LogP) is -1.06. The normalized spacial score (nSPS) is 9.73. The van der Waals surface area contributed by atoms with Crippen LogP contribution in [0.15, 0.2) is 0 Å². The summed E-state index contributed by atoms with van der Waals surface area (Å²) in [5, 5.41) is 1.97. The number of phosphoric acid groups is 1. The lowest BCUT2D eigenvalue weighted by molar-refractivity contribution is -0.336. The van der Waals surface area contributed by atoms with Crippen molar-refractivity contribution < 1.29 is 23.7 Å². The van der Waals surface area contributed by atoms with Crippen LogP contribution in [0.5, 0.6) is 0 Å². The van der Waals surface area contributed by atoms with E-state index in [1.807, 2.05) is 5.32 Å². The molecule has 0 saturated carbocycles. The zero-order valence-corrected chi connectivity index (χ0v) is 7.09. The van der Waals surface area contributed by atoms with E-state index >= 15 is 0 Å². The third kappa shape index (κ3) is 9.38. The molecule has 0 aliphatic heterocycles. The Kier molecular flexibility index (Phi) is 6.01. The molecular formula is C3H10N2O5P-. The smallest absolute Gasteiger partial charge is 0.410 e. The Morgan fingerprint density at radius 1 is 1.64 bits per heavy atom. The lowest BCUT2D eigenvalue weighted by Gasteiger charge is -2.27. The van der Waals surface area contributed by atoms with E-state index in [0.29, 0.717) is 0 Å². The molecule has 0 bridgehead atoms. The number of rotatable bonds is 2. The Labute approximate surface area is 63.6 Å². The number of quaternary nitrogens is 1. The molecule has 0 radical (unpaired) electrons. The molecule has 0 rings (SSSR count). The molecule has 0 atom stereocenters. The van der Waals surface area contributed by atoms with Crippen LogP contribution in [0, 0.1) is 0 Å². The van der Waals surface area contributed by atoms with Crippen molar-refractivity contribution in [2.45, 2.75) is 6.92 Å². The van der Waals surface area contributed by atoms with Gasteiger partial charge in [-0.25, -0.2) is 4.79 Å². The molecule has 0 aromatic rings. The number of nitrogens with one attached hydrogen (secondary N) is 1. The number of carbonyl (C=O) groups excluding carboxylic acids is 1. The van der Waals surface area contributed by atoms with Gasteiger partial charge in [-0.15, -0.1) is 0 Å². The minimum Gasteiger partial charge on any atom is -0.780 e. The minimum atomic E-state index is -5.16. The Bertz CT molecular complexity index is 165. The van der Waals surface area contributed by atoms with Crippen molar-refractivity contribution in [3.8, 4) is 0 Å². The minimum absolute atomic E-state index is 0. The number of phosphoric ester groups is 1. The highest BCUT2D eigenvalue weighted by Crippen LogP contribution is 2.23. The highest BCUT2D eigenvalue weighted by Gasteiger charge is 2.00. The SMILES string of the molecule is CCNC(=O)OP(=O)([O-])[O-].[NH4+]. The van der Waals surface area contributed by atoms with E-state index in [4.69, 9.17) is 0 Å². The summed E-state index contributed by atoms with van der Waals surface area (Å²) < 4.78 is 13.1. The summed E-state index contributed by atoms with van der Waals surface area (Å²) in [4.78, 5) is 29.6. The first-order chi connectivity index (χ1) is 4.45. The maximum Gasteiger partial charge on any atom is 0.410 e. The number of hydrogen-bond acceptors (Lipinski definition) is 5. The molecule has 0 aliphatic carbocycles. The number of carbonyl (C=O) groups is 1. The van der Waals surface area contributed by atoms with Crippen LogP contribution < -0.4 is 21.3 Å². The molecule has 0 aliphatic rings. The van der Waals surface area contributed by atoms with Gasteiger partial charge in [0.15, 0.2) is 0 Å². The average Bonchev–Trinajstić information content (AvgIpc) is 1.59. The van der Waals surface area contributed by atoms with Crippen LogP contribution in [-0.2, 0) is 9.09 Å². The van der Waals surface area contributed by atoms with Gasteiger partial charge in [0.1, 0.15) is 7.82 Å². The highest BCUT2D eigenvalue weighted by molar-refractivity contribution is 7.43. The Hall–Kier alpha value is -0.620. The summed E-state index contributed by atoms with van der Waals surface area (Å²) in [5.41, 5.74) is 0. The molecule has 0 heterocycles. The Morgan fingerprint density at radius 2 is 2.09 bits per heavy atom. The topological polar surface area (TPSA) is 138 Å². The van der Waals surface area contributed by atoms with Gasteiger partial charge < -0.3 is 30.3 Å². The monoisotopic (exact) mass is 185 g/mol. The predicted molar refractivity (Wildman–Crippen MR) is 33.7 cm³/mol. The molecule has 0 fully saturated rings. The number of amides is 1. The lowest BCUT2D eigenvalue weighted by Crippen LogP contribution is -2.28. The zero-order chi connectivity index (χ0) is 8.20. The van der Waals surface area contributed by atoms with Crippen LogP contribution >= 0.6 is 7.82 Å². The van der Waals surface area contributed by atoms with Gasteiger partial charge in [0.05, 0.1) is 0 Å². The molecule has 0 aromatic carbocycles. The summed E-state index contributed by atoms with van der Waals surface area (Å²) in [5.74, 6) is 0. The summed E-state index contributed by atoms with van der Waals surface area (Å²) in [6.45, 7) is 1.76. The second-order valence-electron chi connectivity index (χ2n) is 1.36. The summed E-state index contributed by atoms with van der Waals surface area (Å²) in [6, 6.07) is 0. The fourth-order valence-corrected chi connectivity index (χ4v) is 0.546. The number of hydrogen-bond donors (Lipinski definition) is 2. The Balaban J connectivity index is 0. The molecule has 0 aromatic heterocycles. The molecule has 0 spiro atoms.